The number of carbonyl (C=O) groups excluding carboxylic acids is 1. The Morgan fingerprint density at radius 3 is 2.69 bits per heavy atom. The van der Waals surface area contributed by atoms with Crippen LogP contribution >= 0.6 is 0 Å². The van der Waals surface area contributed by atoms with Crippen molar-refractivity contribution in [3.8, 4) is 5.75 Å². The van der Waals surface area contributed by atoms with Gasteiger partial charge in [0, 0.05) is 12.2 Å². The van der Waals surface area contributed by atoms with Crippen LogP contribution in [0.2, 0.25) is 0 Å². The average Bonchev–Trinajstić information content (AvgIpc) is 2.60. The van der Waals surface area contributed by atoms with Crippen LogP contribution in [0, 0.1) is 6.92 Å². The number of nitrogens with one attached hydrogen (secondary N) is 1. The van der Waals surface area contributed by atoms with E-state index in [1.165, 1.54) is 12.1 Å². The number of benzene rings is 2. The van der Waals surface area contributed by atoms with Crippen molar-refractivity contribution in [3.63, 3.8) is 0 Å². The number of aryl methyl sites for hydroxylation is 1. The Balaban J connectivity index is 1.93. The number of halogens is 3. The second-order valence-electron chi connectivity index (χ2n) is 6.24. The molecule has 0 amide bonds. The van der Waals surface area contributed by atoms with Gasteiger partial charge in [0.15, 0.2) is 6.10 Å². The van der Waals surface area contributed by atoms with Gasteiger partial charge in [-0.15, -0.1) is 0 Å². The van der Waals surface area contributed by atoms with Crippen LogP contribution in [0.15, 0.2) is 42.5 Å². The molecule has 4 nitrogen and oxygen atoms in total. The summed E-state index contributed by atoms with van der Waals surface area (Å²) in [5.74, 6) is -0.108. The molecule has 0 saturated carbocycles. The lowest BCUT2D eigenvalue weighted by Crippen LogP contribution is -2.47. The Hall–Kier alpha value is -2.54. The second kappa shape index (κ2) is 6.99. The molecular formula is C19H18F3NO3. The van der Waals surface area contributed by atoms with Crippen LogP contribution in [0.3, 0.4) is 0 Å². The number of rotatable bonds is 4. The monoisotopic (exact) mass is 365 g/mol. The number of fused-ring (bicyclic) bond motifs is 1. The van der Waals surface area contributed by atoms with Crippen LogP contribution in [0.1, 0.15) is 27.9 Å². The zero-order valence-electron chi connectivity index (χ0n) is 14.0. The molecule has 2 unspecified atom stereocenters. The molecule has 2 N–H and O–H groups in total. The summed E-state index contributed by atoms with van der Waals surface area (Å²) in [5, 5.41) is 12.4. The van der Waals surface area contributed by atoms with Crippen LogP contribution in [0.4, 0.5) is 18.9 Å². The fraction of sp³-hybridized carbons (Fsp3) is 0.316. The minimum atomic E-state index is -4.53. The van der Waals surface area contributed by atoms with Gasteiger partial charge in [-0.3, -0.25) is 4.79 Å². The smallest absolute Gasteiger partial charge is 0.416 e. The lowest BCUT2D eigenvalue weighted by atomic mass is 9.95. The van der Waals surface area contributed by atoms with Crippen LogP contribution in [0.5, 0.6) is 5.75 Å². The highest BCUT2D eigenvalue weighted by Gasteiger charge is 2.37. The van der Waals surface area contributed by atoms with Crippen LogP contribution in [0.25, 0.3) is 0 Å². The molecule has 0 radical (unpaired) electrons. The lowest BCUT2D eigenvalue weighted by Gasteiger charge is -2.34. The maximum atomic E-state index is 12.9. The number of hydrogen-bond acceptors (Lipinski definition) is 4. The van der Waals surface area contributed by atoms with E-state index in [1.54, 1.807) is 6.07 Å². The maximum absolute atomic E-state index is 12.9. The van der Waals surface area contributed by atoms with E-state index in [9.17, 15) is 23.1 Å². The van der Waals surface area contributed by atoms with Gasteiger partial charge < -0.3 is 15.2 Å². The number of ether oxygens (including phenoxy) is 1. The Bertz CT molecular complexity index is 820. The molecule has 2 aromatic carbocycles. The number of alkyl halides is 3. The number of hydrogen-bond donors (Lipinski definition) is 2. The van der Waals surface area contributed by atoms with Gasteiger partial charge in [0.25, 0.3) is 0 Å². The standard InChI is InChI=1S/C19H18F3NO3/c1-11-5-6-16-15(9-11)23-14(7-8-24)18(26-16)17(25)12-3-2-4-13(10-12)19(20,21)22/h2-6,9-10,14,18,23-24H,7-8H2,1H3. The first-order valence-electron chi connectivity index (χ1n) is 8.16. The van der Waals surface area contributed by atoms with Crippen molar-refractivity contribution in [2.45, 2.75) is 31.7 Å². The van der Waals surface area contributed by atoms with E-state index in [4.69, 9.17) is 4.74 Å². The third-order valence-corrected chi connectivity index (χ3v) is 4.27. The summed E-state index contributed by atoms with van der Waals surface area (Å²) in [7, 11) is 0. The van der Waals surface area contributed by atoms with Gasteiger partial charge in [0.1, 0.15) is 5.75 Å². The van der Waals surface area contributed by atoms with Crippen molar-refractivity contribution < 1.29 is 27.8 Å². The van der Waals surface area contributed by atoms with Gasteiger partial charge in [0.05, 0.1) is 17.3 Å². The quantitative estimate of drug-likeness (QED) is 0.809. The molecule has 26 heavy (non-hydrogen) atoms. The molecule has 0 bridgehead atoms. The average molecular weight is 365 g/mol. The predicted molar refractivity (Wildman–Crippen MR) is 90.5 cm³/mol. The Labute approximate surface area is 148 Å². The molecule has 0 spiro atoms. The fourth-order valence-electron chi connectivity index (χ4n) is 2.97. The molecule has 0 aromatic heterocycles. The van der Waals surface area contributed by atoms with Crippen molar-refractivity contribution >= 4 is 11.5 Å². The minimum Gasteiger partial charge on any atom is -0.478 e. The van der Waals surface area contributed by atoms with E-state index in [-0.39, 0.29) is 18.6 Å². The number of anilines is 1. The molecule has 0 fully saturated rings. The molecule has 1 aliphatic rings. The highest BCUT2D eigenvalue weighted by Crippen LogP contribution is 2.35. The molecule has 0 saturated heterocycles. The number of Topliss-reactive ketones (excluding diaryl/α,β-unsaturated/α-hetero) is 1. The summed E-state index contributed by atoms with van der Waals surface area (Å²) in [6, 6.07) is 9.11. The molecule has 1 aliphatic heterocycles. The Kier molecular flexibility index (Phi) is 4.91. The summed E-state index contributed by atoms with van der Waals surface area (Å²) in [6.45, 7) is 1.72. The lowest BCUT2D eigenvalue weighted by molar-refractivity contribution is -0.137. The highest BCUT2D eigenvalue weighted by atomic mass is 19.4. The topological polar surface area (TPSA) is 58.6 Å². The first-order chi connectivity index (χ1) is 12.3. The third kappa shape index (κ3) is 3.67. The molecule has 2 aromatic rings. The summed E-state index contributed by atoms with van der Waals surface area (Å²) < 4.78 is 44.5. The predicted octanol–water partition coefficient (Wildman–Crippen LogP) is 3.82. The normalized spacial score (nSPS) is 19.3. The molecule has 1 heterocycles. The molecule has 7 heteroatoms. The van der Waals surface area contributed by atoms with Crippen LogP contribution in [-0.2, 0) is 6.18 Å². The molecular weight excluding hydrogens is 347 g/mol. The number of aliphatic hydroxyl groups excluding tert-OH is 1. The Morgan fingerprint density at radius 1 is 1.23 bits per heavy atom. The van der Waals surface area contributed by atoms with Crippen molar-refractivity contribution in [1.29, 1.82) is 0 Å². The van der Waals surface area contributed by atoms with Crippen molar-refractivity contribution in [1.82, 2.24) is 0 Å². The summed E-state index contributed by atoms with van der Waals surface area (Å²) in [4.78, 5) is 12.8. The van der Waals surface area contributed by atoms with Crippen molar-refractivity contribution in [2.24, 2.45) is 0 Å². The van der Waals surface area contributed by atoms with Gasteiger partial charge in [-0.25, -0.2) is 0 Å². The maximum Gasteiger partial charge on any atom is 0.416 e. The minimum absolute atomic E-state index is 0.0786. The van der Waals surface area contributed by atoms with Gasteiger partial charge in [-0.05, 0) is 43.2 Å². The zero-order valence-corrected chi connectivity index (χ0v) is 14.0. The highest BCUT2D eigenvalue weighted by molar-refractivity contribution is 6.01. The van der Waals surface area contributed by atoms with Crippen LogP contribution in [-0.4, -0.2) is 29.6 Å². The van der Waals surface area contributed by atoms with Gasteiger partial charge in [-0.1, -0.05) is 18.2 Å². The van der Waals surface area contributed by atoms with E-state index >= 15 is 0 Å². The molecule has 2 atom stereocenters. The van der Waals surface area contributed by atoms with E-state index in [2.05, 4.69) is 5.32 Å². The number of aliphatic hydroxyl groups is 1. The SMILES string of the molecule is Cc1ccc2c(c1)NC(CCO)C(C(=O)c1cccc(C(F)(F)F)c1)O2. The van der Waals surface area contributed by atoms with E-state index in [1.807, 2.05) is 19.1 Å². The molecule has 138 valence electrons. The van der Waals surface area contributed by atoms with Gasteiger partial charge >= 0.3 is 6.18 Å². The zero-order chi connectivity index (χ0) is 18.9. The van der Waals surface area contributed by atoms with Crippen molar-refractivity contribution in [2.75, 3.05) is 11.9 Å². The second-order valence-corrected chi connectivity index (χ2v) is 6.24. The van der Waals surface area contributed by atoms with Gasteiger partial charge in [0.2, 0.25) is 5.78 Å². The summed E-state index contributed by atoms with van der Waals surface area (Å²) in [6.07, 6.45) is -5.33. The third-order valence-electron chi connectivity index (χ3n) is 4.27. The van der Waals surface area contributed by atoms with Crippen molar-refractivity contribution in [3.05, 3.63) is 59.2 Å². The largest absolute Gasteiger partial charge is 0.478 e. The first kappa shape index (κ1) is 18.3. The first-order valence-corrected chi connectivity index (χ1v) is 8.16. The van der Waals surface area contributed by atoms with E-state index in [0.717, 1.165) is 17.7 Å². The molecule has 0 aliphatic carbocycles. The Morgan fingerprint density at radius 2 is 2.00 bits per heavy atom. The number of ketones is 1. The van der Waals surface area contributed by atoms with Gasteiger partial charge in [-0.2, -0.15) is 13.2 Å². The summed E-state index contributed by atoms with van der Waals surface area (Å²) >= 11 is 0. The van der Waals surface area contributed by atoms with E-state index in [0.29, 0.717) is 11.4 Å². The molecule has 3 rings (SSSR count). The summed E-state index contributed by atoms with van der Waals surface area (Å²) in [5.41, 5.74) is 0.716. The fourth-order valence-corrected chi connectivity index (χ4v) is 2.97. The number of carbonyl (C=O) groups is 1. The van der Waals surface area contributed by atoms with E-state index < -0.39 is 29.7 Å². The van der Waals surface area contributed by atoms with Crippen LogP contribution < -0.4 is 10.1 Å².